The van der Waals surface area contributed by atoms with Crippen molar-refractivity contribution >= 4 is 27.5 Å². The molecule has 11 heteroatoms. The summed E-state index contributed by atoms with van der Waals surface area (Å²) in [6.07, 6.45) is 4.13. The summed E-state index contributed by atoms with van der Waals surface area (Å²) in [6.45, 7) is 4.42. The normalized spacial score (nSPS) is 26.7. The fraction of sp³-hybridized carbons (Fsp3) is 0.469. The molecular weight excluding hydrogens is 559 g/mol. The third-order valence-electron chi connectivity index (χ3n) is 9.81. The van der Waals surface area contributed by atoms with Gasteiger partial charge in [0, 0.05) is 31.3 Å². The van der Waals surface area contributed by atoms with Gasteiger partial charge in [0.15, 0.2) is 5.82 Å². The fourth-order valence-electron chi connectivity index (χ4n) is 7.83. The second-order valence-corrected chi connectivity index (χ2v) is 12.3. The standard InChI is InChI=1S/C32H32F3N5O3/c1-2-22-25(34)5-4-17-8-20(41)10-23(26(17)22)28-27(35)29-24(12-36-28)30(40-14-21-9-19(40)15-42-21)38-31(37-29)43-16-32-6-3-7-39(32)13-18(33)11-32/h4-5,8,10,12,18-19,21,41H,2-3,6-7,9,11,13-16H2,1H3/t18-,19+,21+,32?/m1/s1. The number of ether oxygens (including phenoxy) is 2. The van der Waals surface area contributed by atoms with Gasteiger partial charge in [0.05, 0.1) is 29.7 Å². The highest BCUT2D eigenvalue weighted by atomic mass is 19.1. The molecule has 224 valence electrons. The van der Waals surface area contributed by atoms with E-state index in [0.29, 0.717) is 60.1 Å². The van der Waals surface area contributed by atoms with E-state index in [1.54, 1.807) is 12.3 Å². The summed E-state index contributed by atoms with van der Waals surface area (Å²) in [4.78, 5) is 18.1. The second-order valence-electron chi connectivity index (χ2n) is 12.3. The molecule has 1 N–H and O–H groups in total. The van der Waals surface area contributed by atoms with Gasteiger partial charge in [0.1, 0.15) is 41.4 Å². The van der Waals surface area contributed by atoms with Gasteiger partial charge >= 0.3 is 6.01 Å². The topological polar surface area (TPSA) is 83.8 Å². The second kappa shape index (κ2) is 9.92. The number of phenols is 1. The molecule has 4 aromatic rings. The molecule has 4 fully saturated rings. The van der Waals surface area contributed by atoms with Crippen LogP contribution in [0.4, 0.5) is 19.0 Å². The molecule has 2 aromatic heterocycles. The molecule has 0 amide bonds. The number of hydrogen-bond acceptors (Lipinski definition) is 8. The van der Waals surface area contributed by atoms with Crippen LogP contribution in [0.1, 0.15) is 38.2 Å². The lowest BCUT2D eigenvalue weighted by Gasteiger charge is -2.31. The van der Waals surface area contributed by atoms with Crippen molar-refractivity contribution in [3.63, 3.8) is 0 Å². The van der Waals surface area contributed by atoms with Gasteiger partial charge in [-0.1, -0.05) is 13.0 Å². The van der Waals surface area contributed by atoms with E-state index in [9.17, 15) is 13.9 Å². The van der Waals surface area contributed by atoms with Gasteiger partial charge in [-0.2, -0.15) is 9.97 Å². The number of rotatable bonds is 6. The molecule has 4 saturated heterocycles. The average molecular weight is 592 g/mol. The number of benzene rings is 2. The van der Waals surface area contributed by atoms with E-state index < -0.39 is 23.3 Å². The largest absolute Gasteiger partial charge is 0.508 e. The van der Waals surface area contributed by atoms with Gasteiger partial charge in [-0.25, -0.2) is 13.2 Å². The molecule has 0 saturated carbocycles. The van der Waals surface area contributed by atoms with Gasteiger partial charge in [-0.15, -0.1) is 0 Å². The van der Waals surface area contributed by atoms with Crippen molar-refractivity contribution in [1.29, 1.82) is 0 Å². The Morgan fingerprint density at radius 2 is 2.07 bits per heavy atom. The number of morpholine rings is 1. The Labute approximate surface area is 246 Å². The number of alkyl halides is 1. The van der Waals surface area contributed by atoms with E-state index in [-0.39, 0.29) is 47.3 Å². The molecule has 43 heavy (non-hydrogen) atoms. The number of fused-ring (bicyclic) bond motifs is 5. The predicted octanol–water partition coefficient (Wildman–Crippen LogP) is 5.32. The number of aromatic hydroxyl groups is 1. The maximum atomic E-state index is 16.7. The van der Waals surface area contributed by atoms with Gasteiger partial charge in [0.25, 0.3) is 0 Å². The maximum Gasteiger partial charge on any atom is 0.319 e. The molecule has 1 unspecified atom stereocenters. The Morgan fingerprint density at radius 3 is 2.86 bits per heavy atom. The van der Waals surface area contributed by atoms with E-state index in [4.69, 9.17) is 14.5 Å². The van der Waals surface area contributed by atoms with Crippen LogP contribution in [0.15, 0.2) is 30.5 Å². The minimum absolute atomic E-state index is 0.0202. The van der Waals surface area contributed by atoms with Crippen molar-refractivity contribution < 1.29 is 27.8 Å². The Balaban J connectivity index is 1.28. The van der Waals surface area contributed by atoms with Crippen molar-refractivity contribution in [2.24, 2.45) is 0 Å². The summed E-state index contributed by atoms with van der Waals surface area (Å²) in [5.41, 5.74) is 0.254. The first-order chi connectivity index (χ1) is 20.8. The van der Waals surface area contributed by atoms with E-state index in [1.807, 2.05) is 6.92 Å². The number of aryl methyl sites for hydroxylation is 1. The number of anilines is 1. The average Bonchev–Trinajstić information content (AvgIpc) is 3.77. The lowest BCUT2D eigenvalue weighted by molar-refractivity contribution is 0.0984. The fourth-order valence-corrected chi connectivity index (χ4v) is 7.83. The van der Waals surface area contributed by atoms with E-state index in [2.05, 4.69) is 19.8 Å². The summed E-state index contributed by atoms with van der Waals surface area (Å²) in [5.74, 6) is -0.681. The number of phenolic OH excluding ortho intramolecular Hbond substituents is 1. The Kier molecular flexibility index (Phi) is 6.20. The molecular formula is C32H32F3N5O3. The number of aromatic nitrogens is 3. The molecule has 2 aromatic carbocycles. The van der Waals surface area contributed by atoms with Crippen molar-refractivity contribution in [3.05, 3.63) is 47.7 Å². The Bertz CT molecular complexity index is 1770. The van der Waals surface area contributed by atoms with Crippen molar-refractivity contribution in [3.8, 4) is 23.0 Å². The maximum absolute atomic E-state index is 16.7. The molecule has 2 bridgehead atoms. The van der Waals surface area contributed by atoms with Crippen LogP contribution >= 0.6 is 0 Å². The van der Waals surface area contributed by atoms with E-state index >= 15 is 4.39 Å². The highest BCUT2D eigenvalue weighted by molar-refractivity contribution is 6.01. The molecule has 0 spiro atoms. The minimum atomic E-state index is -0.904. The first-order valence-corrected chi connectivity index (χ1v) is 15.0. The lowest BCUT2D eigenvalue weighted by atomic mass is 9.94. The van der Waals surface area contributed by atoms with Gasteiger partial charge < -0.3 is 19.5 Å². The summed E-state index contributed by atoms with van der Waals surface area (Å²) in [5, 5.41) is 12.0. The third kappa shape index (κ3) is 4.22. The molecule has 8 nitrogen and oxygen atoms in total. The summed E-state index contributed by atoms with van der Waals surface area (Å²) >= 11 is 0. The summed E-state index contributed by atoms with van der Waals surface area (Å²) < 4.78 is 58.0. The number of nitrogens with zero attached hydrogens (tertiary/aromatic N) is 5. The zero-order chi connectivity index (χ0) is 29.5. The summed E-state index contributed by atoms with van der Waals surface area (Å²) in [6, 6.07) is 5.98. The van der Waals surface area contributed by atoms with Crippen molar-refractivity contribution in [2.75, 3.05) is 37.7 Å². The van der Waals surface area contributed by atoms with E-state index in [0.717, 1.165) is 25.8 Å². The quantitative estimate of drug-likeness (QED) is 0.323. The zero-order valence-corrected chi connectivity index (χ0v) is 23.8. The van der Waals surface area contributed by atoms with Crippen LogP contribution in [0.2, 0.25) is 0 Å². The monoisotopic (exact) mass is 591 g/mol. The van der Waals surface area contributed by atoms with E-state index in [1.165, 1.54) is 18.2 Å². The highest BCUT2D eigenvalue weighted by Gasteiger charge is 2.49. The van der Waals surface area contributed by atoms with Crippen LogP contribution in [-0.4, -0.2) is 81.7 Å². The first-order valence-electron chi connectivity index (χ1n) is 15.0. The summed E-state index contributed by atoms with van der Waals surface area (Å²) in [7, 11) is 0. The highest BCUT2D eigenvalue weighted by Crippen LogP contribution is 2.43. The predicted molar refractivity (Wildman–Crippen MR) is 155 cm³/mol. The number of halogens is 3. The molecule has 4 atom stereocenters. The third-order valence-corrected chi connectivity index (χ3v) is 9.81. The molecule has 4 aliphatic rings. The smallest absolute Gasteiger partial charge is 0.319 e. The Hall–Kier alpha value is -3.70. The first kappa shape index (κ1) is 26.9. The van der Waals surface area contributed by atoms with Gasteiger partial charge in [0.2, 0.25) is 0 Å². The van der Waals surface area contributed by atoms with Crippen LogP contribution in [0.3, 0.4) is 0 Å². The molecule has 0 radical (unpaired) electrons. The van der Waals surface area contributed by atoms with Crippen LogP contribution in [0, 0.1) is 11.6 Å². The molecule has 6 heterocycles. The number of pyridine rings is 1. The minimum Gasteiger partial charge on any atom is -0.508 e. The van der Waals surface area contributed by atoms with Gasteiger partial charge in [-0.05, 0) is 66.8 Å². The number of hydrogen-bond donors (Lipinski definition) is 1. The molecule has 4 aliphatic heterocycles. The Morgan fingerprint density at radius 1 is 1.19 bits per heavy atom. The van der Waals surface area contributed by atoms with Crippen molar-refractivity contribution in [1.82, 2.24) is 19.9 Å². The zero-order valence-electron chi connectivity index (χ0n) is 23.8. The van der Waals surface area contributed by atoms with Crippen LogP contribution in [-0.2, 0) is 11.2 Å². The SMILES string of the molecule is CCc1c(F)ccc2cc(O)cc(-c3ncc4c(N5C[C@@H]6C[C@H]5CO6)nc(OCC56CCCN5C[C@H](F)C6)nc4c3F)c12. The van der Waals surface area contributed by atoms with Crippen LogP contribution < -0.4 is 9.64 Å². The lowest BCUT2D eigenvalue weighted by Crippen LogP contribution is -2.43. The van der Waals surface area contributed by atoms with Crippen molar-refractivity contribution in [2.45, 2.75) is 62.9 Å². The van der Waals surface area contributed by atoms with Crippen LogP contribution in [0.25, 0.3) is 32.9 Å². The molecule has 0 aliphatic carbocycles. The van der Waals surface area contributed by atoms with Crippen LogP contribution in [0.5, 0.6) is 11.8 Å². The molecule has 8 rings (SSSR count). The van der Waals surface area contributed by atoms with Gasteiger partial charge in [-0.3, -0.25) is 9.88 Å².